The van der Waals surface area contributed by atoms with Crippen LogP contribution in [0.25, 0.3) is 5.57 Å². The lowest BCUT2D eigenvalue weighted by Crippen LogP contribution is -2.42. The van der Waals surface area contributed by atoms with E-state index in [1.165, 1.54) is 4.90 Å². The SMILES string of the molecule is Cc1ccc(N2C(=O)[C@@H]3[C@@H]4C(=O)Oc5cc(C)ccc5C4=C[C@@H](c4ccccc4)[C@H]3C2=O)c(C)c1. The minimum atomic E-state index is -0.824. The largest absolute Gasteiger partial charge is 0.425 e. The maximum Gasteiger partial charge on any atom is 0.319 e. The first-order valence-corrected chi connectivity index (χ1v) is 11.9. The highest BCUT2D eigenvalue weighted by Crippen LogP contribution is 2.54. The van der Waals surface area contributed by atoms with Crippen molar-refractivity contribution in [3.63, 3.8) is 0 Å². The Labute approximate surface area is 204 Å². The Balaban J connectivity index is 1.56. The van der Waals surface area contributed by atoms with Gasteiger partial charge in [0, 0.05) is 11.5 Å². The summed E-state index contributed by atoms with van der Waals surface area (Å²) in [6.07, 6.45) is 2.02. The van der Waals surface area contributed by atoms with Gasteiger partial charge >= 0.3 is 5.97 Å². The van der Waals surface area contributed by atoms with Gasteiger partial charge in [-0.15, -0.1) is 0 Å². The Morgan fingerprint density at radius 1 is 0.771 bits per heavy atom. The molecule has 1 aliphatic carbocycles. The third kappa shape index (κ3) is 3.18. The number of amides is 2. The molecule has 0 aromatic heterocycles. The van der Waals surface area contributed by atoms with Gasteiger partial charge in [0.25, 0.3) is 0 Å². The summed E-state index contributed by atoms with van der Waals surface area (Å²) in [5, 5.41) is 0. The molecule has 0 bridgehead atoms. The normalized spacial score (nSPS) is 24.9. The van der Waals surface area contributed by atoms with Crippen molar-refractivity contribution in [2.24, 2.45) is 17.8 Å². The van der Waals surface area contributed by atoms with Gasteiger partial charge in [-0.2, -0.15) is 0 Å². The summed E-state index contributed by atoms with van der Waals surface area (Å²) >= 11 is 0. The van der Waals surface area contributed by atoms with Gasteiger partial charge in [-0.3, -0.25) is 14.4 Å². The zero-order chi connectivity index (χ0) is 24.4. The van der Waals surface area contributed by atoms with Crippen molar-refractivity contribution in [1.82, 2.24) is 0 Å². The van der Waals surface area contributed by atoms with Gasteiger partial charge in [-0.1, -0.05) is 66.2 Å². The van der Waals surface area contributed by atoms with Crippen LogP contribution in [0.5, 0.6) is 5.75 Å². The van der Waals surface area contributed by atoms with Crippen LogP contribution in [0.15, 0.2) is 72.8 Å². The van der Waals surface area contributed by atoms with Gasteiger partial charge in [0.2, 0.25) is 11.8 Å². The first-order chi connectivity index (χ1) is 16.8. The Morgan fingerprint density at radius 2 is 1.46 bits per heavy atom. The molecule has 3 aromatic rings. The number of carbonyl (C=O) groups excluding carboxylic acids is 3. The topological polar surface area (TPSA) is 63.7 Å². The van der Waals surface area contributed by atoms with Crippen molar-refractivity contribution in [3.8, 4) is 5.75 Å². The molecule has 5 heteroatoms. The van der Waals surface area contributed by atoms with E-state index in [0.29, 0.717) is 11.4 Å². The zero-order valence-corrected chi connectivity index (χ0v) is 19.8. The summed E-state index contributed by atoms with van der Waals surface area (Å²) in [5.41, 5.74) is 5.99. The lowest BCUT2D eigenvalue weighted by molar-refractivity contribution is -0.142. The van der Waals surface area contributed by atoms with Crippen molar-refractivity contribution >= 4 is 29.0 Å². The van der Waals surface area contributed by atoms with Gasteiger partial charge < -0.3 is 4.74 Å². The molecule has 1 fully saturated rings. The Hall–Kier alpha value is -3.99. The quantitative estimate of drug-likeness (QED) is 0.300. The van der Waals surface area contributed by atoms with Crippen LogP contribution in [0.2, 0.25) is 0 Å². The molecule has 4 atom stereocenters. The van der Waals surface area contributed by atoms with Crippen LogP contribution in [0.3, 0.4) is 0 Å². The van der Waals surface area contributed by atoms with E-state index in [2.05, 4.69) is 0 Å². The molecule has 0 unspecified atom stereocenters. The van der Waals surface area contributed by atoms with Gasteiger partial charge in [0.1, 0.15) is 5.75 Å². The van der Waals surface area contributed by atoms with Crippen LogP contribution >= 0.6 is 0 Å². The second-order valence-electron chi connectivity index (χ2n) is 9.81. The molecule has 3 aromatic carbocycles. The van der Waals surface area contributed by atoms with Crippen LogP contribution in [0.1, 0.15) is 33.7 Å². The van der Waals surface area contributed by atoms with Crippen molar-refractivity contribution in [3.05, 3.63) is 101 Å². The summed E-state index contributed by atoms with van der Waals surface area (Å²) in [6.45, 7) is 5.82. The molecule has 2 amide bonds. The van der Waals surface area contributed by atoms with E-state index in [1.807, 2.05) is 93.6 Å². The molecule has 0 saturated carbocycles. The maximum atomic E-state index is 14.0. The number of anilines is 1. The summed E-state index contributed by atoms with van der Waals surface area (Å²) < 4.78 is 5.73. The number of allylic oxidation sites excluding steroid dienone is 1. The van der Waals surface area contributed by atoms with Gasteiger partial charge in [-0.05, 0) is 55.2 Å². The first kappa shape index (κ1) is 21.5. The molecular formula is C30H25NO4. The fraction of sp³-hybridized carbons (Fsp3) is 0.233. The van der Waals surface area contributed by atoms with Crippen molar-refractivity contribution in [2.45, 2.75) is 26.7 Å². The number of hydrogen-bond donors (Lipinski definition) is 0. The number of aryl methyl sites for hydroxylation is 3. The van der Waals surface area contributed by atoms with Crippen molar-refractivity contribution in [2.75, 3.05) is 4.90 Å². The predicted molar refractivity (Wildman–Crippen MR) is 133 cm³/mol. The number of esters is 1. The monoisotopic (exact) mass is 463 g/mol. The van der Waals surface area contributed by atoms with E-state index >= 15 is 0 Å². The average molecular weight is 464 g/mol. The molecule has 0 N–H and O–H groups in total. The van der Waals surface area contributed by atoms with Crippen LogP contribution in [0.4, 0.5) is 5.69 Å². The van der Waals surface area contributed by atoms with Crippen molar-refractivity contribution < 1.29 is 19.1 Å². The fourth-order valence-electron chi connectivity index (χ4n) is 5.96. The molecular weight excluding hydrogens is 438 g/mol. The Kier molecular flexibility index (Phi) is 4.78. The molecule has 174 valence electrons. The number of hydrogen-bond acceptors (Lipinski definition) is 4. The number of fused-ring (bicyclic) bond motifs is 5. The second-order valence-corrected chi connectivity index (χ2v) is 9.81. The average Bonchev–Trinajstić information content (AvgIpc) is 3.09. The van der Waals surface area contributed by atoms with Crippen LogP contribution in [-0.4, -0.2) is 17.8 Å². The lowest BCUT2D eigenvalue weighted by Gasteiger charge is -2.38. The molecule has 1 saturated heterocycles. The summed E-state index contributed by atoms with van der Waals surface area (Å²) in [5.74, 6) is -3.23. The highest BCUT2D eigenvalue weighted by molar-refractivity contribution is 6.25. The molecule has 3 aliphatic rings. The van der Waals surface area contributed by atoms with E-state index in [-0.39, 0.29) is 17.7 Å². The second kappa shape index (κ2) is 7.77. The highest BCUT2D eigenvalue weighted by atomic mass is 16.5. The molecule has 6 rings (SSSR count). The minimum absolute atomic E-state index is 0.265. The Bertz CT molecular complexity index is 1440. The van der Waals surface area contributed by atoms with E-state index in [4.69, 9.17) is 4.74 Å². The Morgan fingerprint density at radius 3 is 2.20 bits per heavy atom. The lowest BCUT2D eigenvalue weighted by atomic mass is 9.64. The zero-order valence-electron chi connectivity index (χ0n) is 19.8. The molecule has 2 aliphatic heterocycles. The predicted octanol–water partition coefficient (Wildman–Crippen LogP) is 5.13. The number of nitrogens with zero attached hydrogens (tertiary/aromatic N) is 1. The van der Waals surface area contributed by atoms with Crippen molar-refractivity contribution in [1.29, 1.82) is 0 Å². The molecule has 0 spiro atoms. The number of rotatable bonds is 2. The summed E-state index contributed by atoms with van der Waals surface area (Å²) in [4.78, 5) is 42.6. The number of imide groups is 1. The third-order valence-corrected chi connectivity index (χ3v) is 7.53. The molecule has 2 heterocycles. The van der Waals surface area contributed by atoms with E-state index in [0.717, 1.165) is 33.4 Å². The fourth-order valence-corrected chi connectivity index (χ4v) is 5.96. The van der Waals surface area contributed by atoms with Gasteiger partial charge in [0.15, 0.2) is 0 Å². The minimum Gasteiger partial charge on any atom is -0.425 e. The number of carbonyl (C=O) groups is 3. The van der Waals surface area contributed by atoms with Crippen LogP contribution in [-0.2, 0) is 14.4 Å². The van der Waals surface area contributed by atoms with E-state index < -0.39 is 23.7 Å². The first-order valence-electron chi connectivity index (χ1n) is 11.9. The van der Waals surface area contributed by atoms with Gasteiger partial charge in [0.05, 0.1) is 23.4 Å². The molecule has 5 nitrogen and oxygen atoms in total. The standard InChI is InChI=1S/C30H25NO4/c1-16-10-12-23(18(3)13-16)31-28(32)25-21(19-7-5-4-6-8-19)15-22-20-11-9-17(2)14-24(20)35-30(34)26(22)27(25)29(31)33/h4-15,21,25-27H,1-3H3/t21-,25+,26+,27-/m0/s1. The molecule has 0 radical (unpaired) electrons. The van der Waals surface area contributed by atoms with E-state index in [1.54, 1.807) is 0 Å². The maximum absolute atomic E-state index is 14.0. The summed E-state index contributed by atoms with van der Waals surface area (Å²) in [7, 11) is 0. The van der Waals surface area contributed by atoms with Crippen LogP contribution < -0.4 is 9.64 Å². The highest BCUT2D eigenvalue weighted by Gasteiger charge is 2.60. The molecule has 35 heavy (non-hydrogen) atoms. The third-order valence-electron chi connectivity index (χ3n) is 7.53. The smallest absolute Gasteiger partial charge is 0.319 e. The van der Waals surface area contributed by atoms with E-state index in [9.17, 15) is 14.4 Å². The van der Waals surface area contributed by atoms with Gasteiger partial charge in [-0.25, -0.2) is 4.90 Å². The number of benzene rings is 3. The van der Waals surface area contributed by atoms with Crippen LogP contribution in [0, 0.1) is 38.5 Å². The number of ether oxygens (including phenoxy) is 1. The summed E-state index contributed by atoms with van der Waals surface area (Å²) in [6, 6.07) is 21.2.